The minimum atomic E-state index is -0.537. The number of aromatic nitrogens is 1. The Morgan fingerprint density at radius 3 is 2.76 bits per heavy atom. The van der Waals surface area contributed by atoms with Crippen molar-refractivity contribution in [2.45, 2.75) is 39.3 Å². The second kappa shape index (κ2) is 6.48. The maximum atomic E-state index is 12.9. The van der Waals surface area contributed by atoms with Gasteiger partial charge in [-0.1, -0.05) is 18.5 Å². The van der Waals surface area contributed by atoms with Gasteiger partial charge in [0.1, 0.15) is 0 Å². The second-order valence-electron chi connectivity index (χ2n) is 6.57. The molecule has 2 heterocycles. The normalized spacial score (nSPS) is 15.2. The molecular formula is C19H20ClN3O2. The summed E-state index contributed by atoms with van der Waals surface area (Å²) in [5.41, 5.74) is 2.56. The Morgan fingerprint density at radius 1 is 1.28 bits per heavy atom. The number of rotatable bonds is 4. The largest absolute Gasteiger partial charge is 0.352 e. The van der Waals surface area contributed by atoms with Gasteiger partial charge in [-0.15, -0.1) is 0 Å². The molecule has 5 nitrogen and oxygen atoms in total. The van der Waals surface area contributed by atoms with Crippen molar-refractivity contribution in [2.75, 3.05) is 4.90 Å². The number of fused-ring (bicyclic) bond motifs is 1. The average Bonchev–Trinajstić information content (AvgIpc) is 2.78. The summed E-state index contributed by atoms with van der Waals surface area (Å²) in [6, 6.07) is 7.22. The lowest BCUT2D eigenvalue weighted by molar-refractivity contribution is -0.120. The van der Waals surface area contributed by atoms with Crippen LogP contribution in [0.15, 0.2) is 36.7 Å². The Bertz CT molecular complexity index is 848. The number of halogens is 1. The zero-order valence-electron chi connectivity index (χ0n) is 14.5. The molecule has 0 aliphatic carbocycles. The molecule has 25 heavy (non-hydrogen) atoms. The molecule has 1 aromatic heterocycles. The highest BCUT2D eigenvalue weighted by Crippen LogP contribution is 2.42. The summed E-state index contributed by atoms with van der Waals surface area (Å²) in [6.45, 7) is 6.16. The molecule has 0 unspecified atom stereocenters. The van der Waals surface area contributed by atoms with Crippen LogP contribution in [0.5, 0.6) is 0 Å². The number of nitrogens with one attached hydrogen (secondary N) is 1. The number of nitrogens with zero attached hydrogens (tertiary/aromatic N) is 2. The Hall–Kier alpha value is -2.40. The zero-order valence-corrected chi connectivity index (χ0v) is 15.2. The van der Waals surface area contributed by atoms with Crippen molar-refractivity contribution < 1.29 is 9.59 Å². The number of amides is 2. The van der Waals surface area contributed by atoms with E-state index >= 15 is 0 Å². The first-order chi connectivity index (χ1) is 11.8. The van der Waals surface area contributed by atoms with Crippen LogP contribution in [0.2, 0.25) is 5.02 Å². The van der Waals surface area contributed by atoms with E-state index in [9.17, 15) is 9.59 Å². The monoisotopic (exact) mass is 357 g/mol. The van der Waals surface area contributed by atoms with E-state index in [4.69, 9.17) is 11.6 Å². The highest BCUT2D eigenvalue weighted by Gasteiger charge is 2.44. The highest BCUT2D eigenvalue weighted by molar-refractivity contribution is 6.31. The molecule has 0 bridgehead atoms. The van der Waals surface area contributed by atoms with Crippen LogP contribution < -0.4 is 10.2 Å². The third kappa shape index (κ3) is 3.12. The van der Waals surface area contributed by atoms with E-state index in [0.29, 0.717) is 29.2 Å². The summed E-state index contributed by atoms with van der Waals surface area (Å²) in [5.74, 6) is -0.0989. The number of carbonyl (C=O) groups is 2. The van der Waals surface area contributed by atoms with Gasteiger partial charge in [-0.2, -0.15) is 0 Å². The summed E-state index contributed by atoms with van der Waals surface area (Å²) < 4.78 is 0. The Kier molecular flexibility index (Phi) is 4.52. The summed E-state index contributed by atoms with van der Waals surface area (Å²) in [5, 5.41) is 3.43. The quantitative estimate of drug-likeness (QED) is 0.908. The second-order valence-corrected chi connectivity index (χ2v) is 7.01. The predicted molar refractivity (Wildman–Crippen MR) is 97.7 cm³/mol. The van der Waals surface area contributed by atoms with Crippen molar-refractivity contribution in [1.82, 2.24) is 10.3 Å². The Labute approximate surface area is 152 Å². The summed E-state index contributed by atoms with van der Waals surface area (Å²) in [7, 11) is 0. The fraction of sp³-hybridized carbons (Fsp3) is 0.316. The van der Waals surface area contributed by atoms with Crippen LogP contribution in [-0.2, 0) is 16.9 Å². The fourth-order valence-corrected chi connectivity index (χ4v) is 3.33. The first-order valence-electron chi connectivity index (χ1n) is 8.19. The van der Waals surface area contributed by atoms with Gasteiger partial charge in [-0.05, 0) is 49.2 Å². The van der Waals surface area contributed by atoms with Gasteiger partial charge in [0.25, 0.3) is 5.91 Å². The number of carbonyl (C=O) groups excluding carboxylic acids is 2. The van der Waals surface area contributed by atoms with E-state index in [1.54, 1.807) is 36.4 Å². The van der Waals surface area contributed by atoms with Gasteiger partial charge in [0.2, 0.25) is 5.91 Å². The fourth-order valence-electron chi connectivity index (χ4n) is 3.16. The molecule has 0 radical (unpaired) electrons. The molecule has 0 fully saturated rings. The molecular weight excluding hydrogens is 338 g/mol. The van der Waals surface area contributed by atoms with Crippen LogP contribution in [-0.4, -0.2) is 16.8 Å². The van der Waals surface area contributed by atoms with E-state index in [1.165, 1.54) is 0 Å². The van der Waals surface area contributed by atoms with Gasteiger partial charge in [0.15, 0.2) is 0 Å². The lowest BCUT2D eigenvalue weighted by Gasteiger charge is -2.32. The molecule has 6 heteroatoms. The molecule has 0 atom stereocenters. The van der Waals surface area contributed by atoms with Gasteiger partial charge in [-0.3, -0.25) is 19.5 Å². The SMILES string of the molecule is CCC(=O)NCc1cncc(N2C(=O)c3ccc(Cl)cc3C2(C)C)c1. The molecule has 0 saturated heterocycles. The minimum Gasteiger partial charge on any atom is -0.352 e. The molecule has 1 N–H and O–H groups in total. The predicted octanol–water partition coefficient (Wildman–Crippen LogP) is 3.66. The Morgan fingerprint density at radius 2 is 2.04 bits per heavy atom. The number of pyridine rings is 1. The van der Waals surface area contributed by atoms with Crippen LogP contribution in [0.1, 0.15) is 48.7 Å². The lowest BCUT2D eigenvalue weighted by atomic mass is 9.93. The van der Waals surface area contributed by atoms with Crippen LogP contribution in [0.3, 0.4) is 0 Å². The van der Waals surface area contributed by atoms with Crippen molar-refractivity contribution in [1.29, 1.82) is 0 Å². The van der Waals surface area contributed by atoms with Gasteiger partial charge in [0, 0.05) is 29.7 Å². The van der Waals surface area contributed by atoms with E-state index < -0.39 is 5.54 Å². The van der Waals surface area contributed by atoms with E-state index in [1.807, 2.05) is 26.0 Å². The third-order valence-corrected chi connectivity index (χ3v) is 4.72. The van der Waals surface area contributed by atoms with E-state index in [0.717, 1.165) is 11.1 Å². The minimum absolute atomic E-state index is 0.0231. The maximum Gasteiger partial charge on any atom is 0.259 e. The molecule has 130 valence electrons. The summed E-state index contributed by atoms with van der Waals surface area (Å²) >= 11 is 6.12. The van der Waals surface area contributed by atoms with Crippen LogP contribution >= 0.6 is 11.6 Å². The van der Waals surface area contributed by atoms with Crippen molar-refractivity contribution >= 4 is 29.1 Å². The topological polar surface area (TPSA) is 62.3 Å². The average molecular weight is 358 g/mol. The molecule has 1 aliphatic rings. The molecule has 1 aliphatic heterocycles. The van der Waals surface area contributed by atoms with Crippen LogP contribution in [0, 0.1) is 0 Å². The molecule has 2 amide bonds. The number of hydrogen-bond acceptors (Lipinski definition) is 3. The van der Waals surface area contributed by atoms with Crippen molar-refractivity contribution in [3.8, 4) is 0 Å². The number of hydrogen-bond donors (Lipinski definition) is 1. The van der Waals surface area contributed by atoms with Gasteiger partial charge >= 0.3 is 0 Å². The first-order valence-corrected chi connectivity index (χ1v) is 8.57. The van der Waals surface area contributed by atoms with Crippen molar-refractivity contribution in [3.05, 3.63) is 58.4 Å². The van der Waals surface area contributed by atoms with Gasteiger partial charge in [-0.25, -0.2) is 0 Å². The lowest BCUT2D eigenvalue weighted by Crippen LogP contribution is -2.39. The zero-order chi connectivity index (χ0) is 18.2. The molecule has 2 aromatic rings. The van der Waals surface area contributed by atoms with Crippen molar-refractivity contribution in [2.24, 2.45) is 0 Å². The van der Waals surface area contributed by atoms with Gasteiger partial charge in [0.05, 0.1) is 17.4 Å². The van der Waals surface area contributed by atoms with Crippen LogP contribution in [0.4, 0.5) is 5.69 Å². The Balaban J connectivity index is 1.94. The van der Waals surface area contributed by atoms with Crippen molar-refractivity contribution in [3.63, 3.8) is 0 Å². The standard InChI is InChI=1S/C19H20ClN3O2/c1-4-17(24)22-10-12-7-14(11-21-9-12)23-18(25)15-6-5-13(20)8-16(15)19(23,2)3/h5-9,11H,4,10H2,1-3H3,(H,22,24). The summed E-state index contributed by atoms with van der Waals surface area (Å²) in [6.07, 6.45) is 3.79. The molecule has 0 spiro atoms. The van der Waals surface area contributed by atoms with Gasteiger partial charge < -0.3 is 5.32 Å². The maximum absolute atomic E-state index is 12.9. The van der Waals surface area contributed by atoms with Crippen LogP contribution in [0.25, 0.3) is 0 Å². The highest BCUT2D eigenvalue weighted by atomic mass is 35.5. The molecule has 1 aromatic carbocycles. The van der Waals surface area contributed by atoms with E-state index in [-0.39, 0.29) is 11.8 Å². The molecule has 0 saturated carbocycles. The smallest absolute Gasteiger partial charge is 0.259 e. The summed E-state index contributed by atoms with van der Waals surface area (Å²) in [4.78, 5) is 30.4. The number of anilines is 1. The molecule has 3 rings (SSSR count). The third-order valence-electron chi connectivity index (χ3n) is 4.48. The first kappa shape index (κ1) is 17.4. The number of benzene rings is 1. The van der Waals surface area contributed by atoms with E-state index in [2.05, 4.69) is 10.3 Å².